The molecule has 0 aliphatic heterocycles. The minimum absolute atomic E-state index is 0.107. The zero-order valence-corrected chi connectivity index (χ0v) is 13.2. The first-order chi connectivity index (χ1) is 10.2. The maximum atomic E-state index is 11.0. The maximum absolute atomic E-state index is 11.0. The summed E-state index contributed by atoms with van der Waals surface area (Å²) in [4.78, 5) is 15.3. The molecule has 1 aliphatic carbocycles. The number of aromatic nitrogens is 4. The van der Waals surface area contributed by atoms with Crippen molar-refractivity contribution in [2.75, 3.05) is 5.32 Å². The van der Waals surface area contributed by atoms with Crippen LogP contribution in [0.2, 0.25) is 0 Å². The summed E-state index contributed by atoms with van der Waals surface area (Å²) >= 11 is 3.03. The molecule has 2 aromatic rings. The number of thiazole rings is 1. The molecule has 2 aromatic heterocycles. The Morgan fingerprint density at radius 2 is 2.38 bits per heavy atom. The summed E-state index contributed by atoms with van der Waals surface area (Å²) in [7, 11) is 0. The SMILES string of the molecule is CC(=O)Nc1nc(CSc2nnc(CN)n2C2CC2)cs1. The van der Waals surface area contributed by atoms with E-state index in [1.54, 1.807) is 11.8 Å². The summed E-state index contributed by atoms with van der Waals surface area (Å²) in [5.41, 5.74) is 6.63. The van der Waals surface area contributed by atoms with Crippen molar-refractivity contribution in [3.05, 3.63) is 16.9 Å². The van der Waals surface area contributed by atoms with Gasteiger partial charge >= 0.3 is 0 Å². The van der Waals surface area contributed by atoms with Gasteiger partial charge in [-0.15, -0.1) is 21.5 Å². The standard InChI is InChI=1S/C12H16N6OS2/c1-7(19)14-11-15-8(5-20-11)6-21-12-17-16-10(4-13)18(12)9-2-3-9/h5,9H,2-4,6,13H2,1H3,(H,14,15,19). The van der Waals surface area contributed by atoms with Gasteiger partial charge in [-0.3, -0.25) is 4.79 Å². The Balaban J connectivity index is 1.66. The van der Waals surface area contributed by atoms with E-state index in [0.29, 0.717) is 23.5 Å². The lowest BCUT2D eigenvalue weighted by molar-refractivity contribution is -0.114. The average Bonchev–Trinajstić information content (AvgIpc) is 3.05. The molecule has 112 valence electrons. The minimum atomic E-state index is -0.107. The van der Waals surface area contributed by atoms with Crippen molar-refractivity contribution in [2.45, 2.75) is 43.3 Å². The second-order valence-corrected chi connectivity index (χ2v) is 6.62. The Kier molecular flexibility index (Phi) is 4.22. The molecular formula is C12H16N6OS2. The number of thioether (sulfide) groups is 1. The van der Waals surface area contributed by atoms with Gasteiger partial charge in [-0.1, -0.05) is 11.8 Å². The lowest BCUT2D eigenvalue weighted by Crippen LogP contribution is -2.08. The van der Waals surface area contributed by atoms with Crippen LogP contribution in [0.3, 0.4) is 0 Å². The molecule has 1 amide bonds. The summed E-state index contributed by atoms with van der Waals surface area (Å²) < 4.78 is 2.14. The first-order valence-electron chi connectivity index (χ1n) is 6.66. The number of carbonyl (C=O) groups excluding carboxylic acids is 1. The number of amides is 1. The van der Waals surface area contributed by atoms with Gasteiger partial charge in [0, 0.05) is 24.1 Å². The predicted octanol–water partition coefficient (Wildman–Crippen LogP) is 1.78. The smallest absolute Gasteiger partial charge is 0.223 e. The normalized spacial score (nSPS) is 14.4. The summed E-state index contributed by atoms with van der Waals surface area (Å²) in [5.74, 6) is 1.44. The average molecular weight is 324 g/mol. The highest BCUT2D eigenvalue weighted by molar-refractivity contribution is 7.98. The number of carbonyl (C=O) groups is 1. The van der Waals surface area contributed by atoms with Crippen molar-refractivity contribution in [3.63, 3.8) is 0 Å². The quantitative estimate of drug-likeness (QED) is 0.786. The molecule has 0 unspecified atom stereocenters. The van der Waals surface area contributed by atoms with Gasteiger partial charge in [0.25, 0.3) is 0 Å². The molecule has 0 radical (unpaired) electrons. The highest BCUT2D eigenvalue weighted by Crippen LogP contribution is 2.39. The number of nitrogens with zero attached hydrogens (tertiary/aromatic N) is 4. The zero-order valence-electron chi connectivity index (χ0n) is 11.6. The van der Waals surface area contributed by atoms with Crippen LogP contribution in [0.15, 0.2) is 10.5 Å². The molecule has 0 saturated heterocycles. The van der Waals surface area contributed by atoms with E-state index in [4.69, 9.17) is 5.73 Å². The van der Waals surface area contributed by atoms with Crippen LogP contribution in [0.5, 0.6) is 0 Å². The van der Waals surface area contributed by atoms with Crippen LogP contribution in [-0.4, -0.2) is 25.7 Å². The van der Waals surface area contributed by atoms with Crippen molar-refractivity contribution in [1.29, 1.82) is 0 Å². The fourth-order valence-corrected chi connectivity index (χ4v) is 3.74. The Bertz CT molecular complexity index is 648. The van der Waals surface area contributed by atoms with Crippen molar-refractivity contribution in [1.82, 2.24) is 19.7 Å². The van der Waals surface area contributed by atoms with Crippen molar-refractivity contribution >= 4 is 34.1 Å². The highest BCUT2D eigenvalue weighted by atomic mass is 32.2. The Hall–Kier alpha value is -1.45. The number of anilines is 1. The molecule has 0 atom stereocenters. The van der Waals surface area contributed by atoms with E-state index in [-0.39, 0.29) is 5.91 Å². The summed E-state index contributed by atoms with van der Waals surface area (Å²) in [6.45, 7) is 1.88. The van der Waals surface area contributed by atoms with E-state index >= 15 is 0 Å². The molecule has 1 aliphatic rings. The lowest BCUT2D eigenvalue weighted by Gasteiger charge is -2.06. The Morgan fingerprint density at radius 1 is 1.57 bits per heavy atom. The number of hydrogen-bond acceptors (Lipinski definition) is 7. The Morgan fingerprint density at radius 3 is 3.05 bits per heavy atom. The van der Waals surface area contributed by atoms with Crippen molar-refractivity contribution in [2.24, 2.45) is 5.73 Å². The van der Waals surface area contributed by atoms with Crippen LogP contribution in [0.4, 0.5) is 5.13 Å². The largest absolute Gasteiger partial charge is 0.324 e. The zero-order chi connectivity index (χ0) is 14.8. The molecule has 7 nitrogen and oxygen atoms in total. The summed E-state index contributed by atoms with van der Waals surface area (Å²) in [6, 6.07) is 0.506. The van der Waals surface area contributed by atoms with Gasteiger partial charge in [-0.05, 0) is 12.8 Å². The molecule has 3 rings (SSSR count). The van der Waals surface area contributed by atoms with E-state index in [0.717, 1.165) is 16.7 Å². The lowest BCUT2D eigenvalue weighted by atomic mass is 10.5. The van der Waals surface area contributed by atoms with Gasteiger partial charge in [0.15, 0.2) is 10.3 Å². The van der Waals surface area contributed by atoms with Gasteiger partial charge in [-0.2, -0.15) is 0 Å². The van der Waals surface area contributed by atoms with Crippen LogP contribution in [0.1, 0.15) is 37.3 Å². The van der Waals surface area contributed by atoms with Crippen LogP contribution in [0.25, 0.3) is 0 Å². The number of nitrogens with two attached hydrogens (primary N) is 1. The maximum Gasteiger partial charge on any atom is 0.223 e. The van der Waals surface area contributed by atoms with Crippen molar-refractivity contribution < 1.29 is 4.79 Å². The van der Waals surface area contributed by atoms with E-state index in [1.807, 2.05) is 5.38 Å². The Labute approximate surface area is 130 Å². The van der Waals surface area contributed by atoms with Crippen LogP contribution in [0, 0.1) is 0 Å². The third-order valence-corrected chi connectivity index (χ3v) is 4.80. The fraction of sp³-hybridized carbons (Fsp3) is 0.500. The molecule has 0 spiro atoms. The van der Waals surface area contributed by atoms with Crippen LogP contribution >= 0.6 is 23.1 Å². The molecule has 2 heterocycles. The second-order valence-electron chi connectivity index (χ2n) is 4.82. The van der Waals surface area contributed by atoms with E-state index in [2.05, 4.69) is 25.1 Å². The number of hydrogen-bond donors (Lipinski definition) is 2. The highest BCUT2D eigenvalue weighted by Gasteiger charge is 2.29. The molecule has 9 heteroatoms. The molecule has 1 fully saturated rings. The number of nitrogens with one attached hydrogen (secondary N) is 1. The van der Waals surface area contributed by atoms with Crippen molar-refractivity contribution in [3.8, 4) is 0 Å². The van der Waals surface area contributed by atoms with Gasteiger partial charge in [0.1, 0.15) is 5.82 Å². The molecule has 0 aromatic carbocycles. The van der Waals surface area contributed by atoms with Crippen LogP contribution < -0.4 is 11.1 Å². The second kappa shape index (κ2) is 6.12. The minimum Gasteiger partial charge on any atom is -0.324 e. The topological polar surface area (TPSA) is 98.7 Å². The van der Waals surface area contributed by atoms with E-state index < -0.39 is 0 Å². The monoisotopic (exact) mass is 324 g/mol. The van der Waals surface area contributed by atoms with E-state index in [9.17, 15) is 4.79 Å². The number of rotatable bonds is 6. The molecule has 21 heavy (non-hydrogen) atoms. The third-order valence-electron chi connectivity index (χ3n) is 3.01. The predicted molar refractivity (Wildman–Crippen MR) is 82.2 cm³/mol. The molecule has 0 bridgehead atoms. The van der Waals surface area contributed by atoms with Gasteiger partial charge in [0.2, 0.25) is 5.91 Å². The summed E-state index contributed by atoms with van der Waals surface area (Å²) in [5, 5.41) is 14.5. The van der Waals surface area contributed by atoms with Gasteiger partial charge < -0.3 is 15.6 Å². The molecule has 3 N–H and O–H groups in total. The molecular weight excluding hydrogens is 308 g/mol. The first-order valence-corrected chi connectivity index (χ1v) is 8.52. The first kappa shape index (κ1) is 14.5. The van der Waals surface area contributed by atoms with Gasteiger partial charge in [0.05, 0.1) is 12.2 Å². The third kappa shape index (κ3) is 3.42. The van der Waals surface area contributed by atoms with E-state index in [1.165, 1.54) is 31.1 Å². The molecule has 1 saturated carbocycles. The van der Waals surface area contributed by atoms with Gasteiger partial charge in [-0.25, -0.2) is 4.98 Å². The summed E-state index contributed by atoms with van der Waals surface area (Å²) in [6.07, 6.45) is 2.34. The van der Waals surface area contributed by atoms with Crippen LogP contribution in [-0.2, 0) is 17.1 Å². The fourth-order valence-electron chi connectivity index (χ4n) is 1.96.